The Kier molecular flexibility index (Phi) is 4.60. The topological polar surface area (TPSA) is 69.7 Å². The minimum Gasteiger partial charge on any atom is -0.460 e. The molecule has 5 aromatic rings. The van der Waals surface area contributed by atoms with Crippen LogP contribution in [0.1, 0.15) is 16.3 Å². The fraction of sp³-hybridized carbons (Fsp3) is 0.0400. The lowest BCUT2D eigenvalue weighted by Crippen LogP contribution is -2.09. The molecule has 0 aliphatic heterocycles. The highest BCUT2D eigenvalue weighted by Crippen LogP contribution is 2.28. The molecule has 0 bridgehead atoms. The van der Waals surface area contributed by atoms with Crippen molar-refractivity contribution in [3.8, 4) is 16.9 Å². The monoisotopic (exact) mass is 430 g/mol. The third-order valence-corrected chi connectivity index (χ3v) is 5.26. The molecule has 0 aliphatic carbocycles. The molecule has 3 aromatic carbocycles. The normalized spacial score (nSPS) is 11.2. The first-order chi connectivity index (χ1) is 15.0. The Morgan fingerprint density at radius 2 is 1.68 bits per heavy atom. The van der Waals surface area contributed by atoms with E-state index in [9.17, 15) is 9.59 Å². The van der Waals surface area contributed by atoms with Crippen LogP contribution in [0, 0.1) is 6.92 Å². The van der Waals surface area contributed by atoms with E-state index >= 15 is 0 Å². The molecule has 0 fully saturated rings. The molecule has 5 rings (SSSR count). The average molecular weight is 431 g/mol. The molecule has 0 saturated carbocycles. The molecule has 0 N–H and O–H groups in total. The highest BCUT2D eigenvalue weighted by atomic mass is 35.5. The number of benzene rings is 3. The first kappa shape index (κ1) is 19.2. The van der Waals surface area contributed by atoms with Gasteiger partial charge in [0.1, 0.15) is 22.7 Å². The van der Waals surface area contributed by atoms with Crippen LogP contribution in [0.5, 0.6) is 5.75 Å². The maximum absolute atomic E-state index is 13.1. The van der Waals surface area contributed by atoms with Gasteiger partial charge in [-0.1, -0.05) is 41.9 Å². The van der Waals surface area contributed by atoms with Crippen LogP contribution in [0.4, 0.5) is 0 Å². The maximum Gasteiger partial charge on any atom is 0.379 e. The molecule has 0 aliphatic rings. The van der Waals surface area contributed by atoms with Crippen LogP contribution in [0.2, 0.25) is 5.02 Å². The Hall–Kier alpha value is -3.83. The van der Waals surface area contributed by atoms with Gasteiger partial charge < -0.3 is 13.6 Å². The van der Waals surface area contributed by atoms with E-state index in [1.165, 1.54) is 6.07 Å². The quantitative estimate of drug-likeness (QED) is 0.245. The van der Waals surface area contributed by atoms with Gasteiger partial charge in [-0.15, -0.1) is 0 Å². The van der Waals surface area contributed by atoms with Gasteiger partial charge in [0.25, 0.3) is 0 Å². The highest BCUT2D eigenvalue weighted by Gasteiger charge is 2.17. The molecule has 0 amide bonds. The second-order valence-electron chi connectivity index (χ2n) is 7.07. The SMILES string of the molecule is Cc1oc2cc(OC(=O)c3cc4ccccc4o3)ccc2c(=O)c1-c1ccc(Cl)cc1. The number of hydrogen-bond donors (Lipinski definition) is 0. The summed E-state index contributed by atoms with van der Waals surface area (Å²) < 4.78 is 16.9. The van der Waals surface area contributed by atoms with Crippen molar-refractivity contribution < 1.29 is 18.4 Å². The van der Waals surface area contributed by atoms with E-state index in [1.54, 1.807) is 55.5 Å². The summed E-state index contributed by atoms with van der Waals surface area (Å²) in [5, 5.41) is 1.78. The van der Waals surface area contributed by atoms with Gasteiger partial charge >= 0.3 is 5.97 Å². The summed E-state index contributed by atoms with van der Waals surface area (Å²) in [7, 11) is 0. The Balaban J connectivity index is 1.50. The van der Waals surface area contributed by atoms with Crippen molar-refractivity contribution in [3.63, 3.8) is 0 Å². The lowest BCUT2D eigenvalue weighted by molar-refractivity contribution is 0.0704. The smallest absolute Gasteiger partial charge is 0.379 e. The van der Waals surface area contributed by atoms with Gasteiger partial charge in [-0.25, -0.2) is 4.79 Å². The molecule has 0 atom stereocenters. The fourth-order valence-electron chi connectivity index (χ4n) is 3.54. The minimum absolute atomic E-state index is 0.0945. The summed E-state index contributed by atoms with van der Waals surface area (Å²) >= 11 is 5.95. The van der Waals surface area contributed by atoms with E-state index in [2.05, 4.69) is 0 Å². The van der Waals surface area contributed by atoms with Crippen LogP contribution in [0.25, 0.3) is 33.1 Å². The van der Waals surface area contributed by atoms with Crippen molar-refractivity contribution >= 4 is 39.5 Å². The standard InChI is InChI=1S/C25H15ClO5/c1-14-23(15-6-8-17(26)9-7-15)24(27)19-11-10-18(13-21(19)29-14)30-25(28)22-12-16-4-2-3-5-20(16)31-22/h2-13H,1H3. The zero-order valence-corrected chi connectivity index (χ0v) is 17.1. The van der Waals surface area contributed by atoms with Gasteiger partial charge in [0.15, 0.2) is 0 Å². The Morgan fingerprint density at radius 3 is 2.45 bits per heavy atom. The number of hydrogen-bond acceptors (Lipinski definition) is 5. The van der Waals surface area contributed by atoms with Crippen molar-refractivity contribution in [1.29, 1.82) is 0 Å². The van der Waals surface area contributed by atoms with Crippen LogP contribution >= 0.6 is 11.6 Å². The van der Waals surface area contributed by atoms with Gasteiger partial charge in [-0.3, -0.25) is 4.79 Å². The number of halogens is 1. The van der Waals surface area contributed by atoms with Crippen LogP contribution < -0.4 is 10.2 Å². The molecular weight excluding hydrogens is 416 g/mol. The number of para-hydroxylation sites is 1. The lowest BCUT2D eigenvalue weighted by Gasteiger charge is -2.08. The van der Waals surface area contributed by atoms with E-state index in [4.69, 9.17) is 25.2 Å². The van der Waals surface area contributed by atoms with Crippen LogP contribution in [0.15, 0.2) is 86.4 Å². The molecule has 152 valence electrons. The predicted molar refractivity (Wildman–Crippen MR) is 119 cm³/mol. The second-order valence-corrected chi connectivity index (χ2v) is 7.50. The van der Waals surface area contributed by atoms with Crippen molar-refractivity contribution in [2.45, 2.75) is 6.92 Å². The van der Waals surface area contributed by atoms with E-state index in [-0.39, 0.29) is 16.9 Å². The summed E-state index contributed by atoms with van der Waals surface area (Å²) in [6.45, 7) is 1.72. The fourth-order valence-corrected chi connectivity index (χ4v) is 3.67. The average Bonchev–Trinajstić information content (AvgIpc) is 3.19. The third-order valence-electron chi connectivity index (χ3n) is 5.01. The van der Waals surface area contributed by atoms with Crippen LogP contribution in [0.3, 0.4) is 0 Å². The van der Waals surface area contributed by atoms with E-state index in [0.29, 0.717) is 32.9 Å². The maximum atomic E-state index is 13.1. The zero-order chi connectivity index (χ0) is 21.5. The van der Waals surface area contributed by atoms with E-state index in [0.717, 1.165) is 10.9 Å². The van der Waals surface area contributed by atoms with Crippen molar-refractivity contribution in [1.82, 2.24) is 0 Å². The van der Waals surface area contributed by atoms with Gasteiger partial charge in [0.05, 0.1) is 10.9 Å². The second kappa shape index (κ2) is 7.45. The molecule has 31 heavy (non-hydrogen) atoms. The molecule has 2 heterocycles. The molecule has 2 aromatic heterocycles. The number of furan rings is 1. The number of esters is 1. The number of carbonyl (C=O) groups excluding carboxylic acids is 1. The molecule has 0 saturated heterocycles. The molecular formula is C25H15ClO5. The van der Waals surface area contributed by atoms with Gasteiger partial charge in [-0.05, 0) is 48.9 Å². The van der Waals surface area contributed by atoms with Gasteiger partial charge in [0, 0.05) is 16.5 Å². The van der Waals surface area contributed by atoms with Crippen molar-refractivity contribution in [3.05, 3.63) is 99.6 Å². The first-order valence-corrected chi connectivity index (χ1v) is 9.91. The largest absolute Gasteiger partial charge is 0.460 e. The molecule has 0 unspecified atom stereocenters. The zero-order valence-electron chi connectivity index (χ0n) is 16.3. The minimum atomic E-state index is -0.632. The Bertz CT molecular complexity index is 1480. The number of ether oxygens (including phenoxy) is 1. The summed E-state index contributed by atoms with van der Waals surface area (Å²) in [4.78, 5) is 25.6. The van der Waals surface area contributed by atoms with Crippen molar-refractivity contribution in [2.24, 2.45) is 0 Å². The van der Waals surface area contributed by atoms with Crippen LogP contribution in [-0.2, 0) is 0 Å². The number of rotatable bonds is 3. The Labute approximate surface area is 181 Å². The van der Waals surface area contributed by atoms with Crippen LogP contribution in [-0.4, -0.2) is 5.97 Å². The number of fused-ring (bicyclic) bond motifs is 2. The summed E-state index contributed by atoms with van der Waals surface area (Å²) in [6.07, 6.45) is 0. The van der Waals surface area contributed by atoms with Gasteiger partial charge in [0.2, 0.25) is 11.2 Å². The summed E-state index contributed by atoms with van der Waals surface area (Å²) in [5.74, 6) is 0.171. The number of aryl methyl sites for hydroxylation is 1. The number of carbonyl (C=O) groups is 1. The lowest BCUT2D eigenvalue weighted by atomic mass is 10.0. The molecule has 0 radical (unpaired) electrons. The Morgan fingerprint density at radius 1 is 0.903 bits per heavy atom. The first-order valence-electron chi connectivity index (χ1n) is 9.54. The highest BCUT2D eigenvalue weighted by molar-refractivity contribution is 6.30. The van der Waals surface area contributed by atoms with Gasteiger partial charge in [-0.2, -0.15) is 0 Å². The molecule has 0 spiro atoms. The van der Waals surface area contributed by atoms with E-state index < -0.39 is 5.97 Å². The van der Waals surface area contributed by atoms with E-state index in [1.807, 2.05) is 18.2 Å². The third kappa shape index (κ3) is 3.49. The molecule has 5 nitrogen and oxygen atoms in total. The van der Waals surface area contributed by atoms with Crippen molar-refractivity contribution in [2.75, 3.05) is 0 Å². The summed E-state index contributed by atoms with van der Waals surface area (Å²) in [5.41, 5.74) is 1.95. The summed E-state index contributed by atoms with van der Waals surface area (Å²) in [6, 6.07) is 20.6. The predicted octanol–water partition coefficient (Wildman–Crippen LogP) is 6.39. The molecule has 6 heteroatoms.